The van der Waals surface area contributed by atoms with E-state index in [0.29, 0.717) is 32.0 Å². The molecular weight excluding hydrogens is 295 g/mol. The van der Waals surface area contributed by atoms with E-state index in [1.807, 2.05) is 13.8 Å². The number of carbonyl (C=O) groups is 1. The van der Waals surface area contributed by atoms with E-state index in [4.69, 9.17) is 0 Å². The standard InChI is InChI=1S/C17H27FN4O/c1-4-9-20-16(23)8-11-22-17(19-3)21-10-7-14-5-6-15(18)12-13(14)2/h5-6,12H,4,7-11H2,1-3H3,(H,20,23)(H2,19,21,22). The third kappa shape index (κ3) is 7.63. The summed E-state index contributed by atoms with van der Waals surface area (Å²) in [6, 6.07) is 4.82. The Kier molecular flexibility index (Phi) is 8.72. The highest BCUT2D eigenvalue weighted by Crippen LogP contribution is 2.10. The van der Waals surface area contributed by atoms with Gasteiger partial charge < -0.3 is 16.0 Å². The van der Waals surface area contributed by atoms with Crippen molar-refractivity contribution in [2.24, 2.45) is 4.99 Å². The topological polar surface area (TPSA) is 65.5 Å². The van der Waals surface area contributed by atoms with Crippen molar-refractivity contribution in [1.29, 1.82) is 0 Å². The molecule has 0 radical (unpaired) electrons. The molecule has 3 N–H and O–H groups in total. The first kappa shape index (κ1) is 18.9. The number of guanidine groups is 1. The molecule has 0 aromatic heterocycles. The van der Waals surface area contributed by atoms with Crippen LogP contribution in [0.3, 0.4) is 0 Å². The highest BCUT2D eigenvalue weighted by molar-refractivity contribution is 5.81. The van der Waals surface area contributed by atoms with Crippen molar-refractivity contribution in [3.05, 3.63) is 35.1 Å². The second-order valence-electron chi connectivity index (χ2n) is 5.35. The molecule has 0 saturated carbocycles. The van der Waals surface area contributed by atoms with E-state index in [2.05, 4.69) is 20.9 Å². The first-order chi connectivity index (χ1) is 11.1. The fourth-order valence-electron chi connectivity index (χ4n) is 2.12. The van der Waals surface area contributed by atoms with Gasteiger partial charge in [-0.2, -0.15) is 0 Å². The summed E-state index contributed by atoms with van der Waals surface area (Å²) >= 11 is 0. The Bertz CT molecular complexity index is 531. The molecule has 1 amide bonds. The molecule has 0 aliphatic carbocycles. The van der Waals surface area contributed by atoms with Crippen LogP contribution in [-0.4, -0.2) is 38.5 Å². The Morgan fingerprint density at radius 2 is 1.91 bits per heavy atom. The van der Waals surface area contributed by atoms with Gasteiger partial charge in [-0.05, 0) is 43.0 Å². The summed E-state index contributed by atoms with van der Waals surface area (Å²) in [5, 5.41) is 9.12. The monoisotopic (exact) mass is 322 g/mol. The Morgan fingerprint density at radius 3 is 2.57 bits per heavy atom. The summed E-state index contributed by atoms with van der Waals surface area (Å²) in [5.74, 6) is 0.489. The molecule has 1 rings (SSSR count). The number of nitrogens with zero attached hydrogens (tertiary/aromatic N) is 1. The minimum absolute atomic E-state index is 0.0386. The summed E-state index contributed by atoms with van der Waals surface area (Å²) in [6.45, 7) is 5.86. The van der Waals surface area contributed by atoms with Crippen LogP contribution in [0, 0.1) is 12.7 Å². The second kappa shape index (κ2) is 10.6. The van der Waals surface area contributed by atoms with Crippen LogP contribution >= 0.6 is 0 Å². The molecule has 6 heteroatoms. The maximum absolute atomic E-state index is 13.1. The highest BCUT2D eigenvalue weighted by Gasteiger charge is 2.03. The van der Waals surface area contributed by atoms with Crippen molar-refractivity contribution >= 4 is 11.9 Å². The highest BCUT2D eigenvalue weighted by atomic mass is 19.1. The van der Waals surface area contributed by atoms with Crippen LogP contribution in [-0.2, 0) is 11.2 Å². The Morgan fingerprint density at radius 1 is 1.17 bits per heavy atom. The number of nitrogens with one attached hydrogen (secondary N) is 3. The average molecular weight is 322 g/mol. The smallest absolute Gasteiger partial charge is 0.221 e. The lowest BCUT2D eigenvalue weighted by atomic mass is 10.1. The van der Waals surface area contributed by atoms with Gasteiger partial charge in [-0.1, -0.05) is 13.0 Å². The van der Waals surface area contributed by atoms with Gasteiger partial charge in [0, 0.05) is 33.1 Å². The fourth-order valence-corrected chi connectivity index (χ4v) is 2.12. The van der Waals surface area contributed by atoms with E-state index >= 15 is 0 Å². The minimum Gasteiger partial charge on any atom is -0.356 e. The fraction of sp³-hybridized carbons (Fsp3) is 0.529. The van der Waals surface area contributed by atoms with Crippen LogP contribution in [0.25, 0.3) is 0 Å². The van der Waals surface area contributed by atoms with Crippen molar-refractivity contribution in [1.82, 2.24) is 16.0 Å². The summed E-state index contributed by atoms with van der Waals surface area (Å²) < 4.78 is 13.1. The predicted molar refractivity (Wildman–Crippen MR) is 92.1 cm³/mol. The quantitative estimate of drug-likeness (QED) is 0.505. The SMILES string of the molecule is CCCNC(=O)CCNC(=NC)NCCc1ccc(F)cc1C. The van der Waals surface area contributed by atoms with Crippen LogP contribution < -0.4 is 16.0 Å². The minimum atomic E-state index is -0.210. The predicted octanol–water partition coefficient (Wildman–Crippen LogP) is 1.76. The summed E-state index contributed by atoms with van der Waals surface area (Å²) in [4.78, 5) is 15.6. The van der Waals surface area contributed by atoms with Crippen molar-refractivity contribution in [3.63, 3.8) is 0 Å². The van der Waals surface area contributed by atoms with Gasteiger partial charge in [-0.15, -0.1) is 0 Å². The number of halogens is 1. The maximum Gasteiger partial charge on any atom is 0.221 e. The molecule has 0 aliphatic rings. The van der Waals surface area contributed by atoms with E-state index in [0.717, 1.165) is 24.0 Å². The molecule has 0 fully saturated rings. The van der Waals surface area contributed by atoms with Crippen molar-refractivity contribution in [2.45, 2.75) is 33.1 Å². The van der Waals surface area contributed by atoms with Gasteiger partial charge in [-0.25, -0.2) is 4.39 Å². The third-order valence-electron chi connectivity index (χ3n) is 3.43. The summed E-state index contributed by atoms with van der Waals surface area (Å²) in [5.41, 5.74) is 2.05. The second-order valence-corrected chi connectivity index (χ2v) is 5.35. The number of rotatable bonds is 8. The molecule has 0 spiro atoms. The van der Waals surface area contributed by atoms with Crippen LogP contribution in [0.15, 0.2) is 23.2 Å². The third-order valence-corrected chi connectivity index (χ3v) is 3.43. The van der Waals surface area contributed by atoms with Crippen molar-refractivity contribution in [3.8, 4) is 0 Å². The average Bonchev–Trinajstić information content (AvgIpc) is 2.53. The van der Waals surface area contributed by atoms with E-state index in [1.165, 1.54) is 12.1 Å². The van der Waals surface area contributed by atoms with E-state index in [1.54, 1.807) is 13.1 Å². The molecule has 23 heavy (non-hydrogen) atoms. The lowest BCUT2D eigenvalue weighted by Gasteiger charge is -2.12. The summed E-state index contributed by atoms with van der Waals surface area (Å²) in [6.07, 6.45) is 2.13. The zero-order chi connectivity index (χ0) is 17.1. The first-order valence-corrected chi connectivity index (χ1v) is 8.03. The van der Waals surface area contributed by atoms with Crippen LogP contribution in [0.4, 0.5) is 4.39 Å². The lowest BCUT2D eigenvalue weighted by Crippen LogP contribution is -2.40. The molecular formula is C17H27FN4O. The molecule has 5 nitrogen and oxygen atoms in total. The van der Waals surface area contributed by atoms with Crippen molar-refractivity contribution < 1.29 is 9.18 Å². The Hall–Kier alpha value is -2.11. The van der Waals surface area contributed by atoms with Gasteiger partial charge in [0.05, 0.1) is 0 Å². The first-order valence-electron chi connectivity index (χ1n) is 8.03. The molecule has 0 saturated heterocycles. The van der Waals surface area contributed by atoms with Crippen LogP contribution in [0.2, 0.25) is 0 Å². The number of carbonyl (C=O) groups excluding carboxylic acids is 1. The molecule has 128 valence electrons. The molecule has 0 heterocycles. The van der Waals surface area contributed by atoms with Gasteiger partial charge in [0.2, 0.25) is 5.91 Å². The molecule has 0 bridgehead atoms. The van der Waals surface area contributed by atoms with Crippen LogP contribution in [0.5, 0.6) is 0 Å². The zero-order valence-corrected chi connectivity index (χ0v) is 14.2. The molecule has 1 aromatic carbocycles. The summed E-state index contributed by atoms with van der Waals surface area (Å²) in [7, 11) is 1.69. The Labute approximate surface area is 137 Å². The largest absolute Gasteiger partial charge is 0.356 e. The van der Waals surface area contributed by atoms with E-state index in [9.17, 15) is 9.18 Å². The van der Waals surface area contributed by atoms with Gasteiger partial charge in [0.1, 0.15) is 5.82 Å². The zero-order valence-electron chi connectivity index (χ0n) is 14.2. The normalized spacial score (nSPS) is 11.2. The van der Waals surface area contributed by atoms with Gasteiger partial charge in [-0.3, -0.25) is 9.79 Å². The number of hydrogen-bond donors (Lipinski definition) is 3. The number of amides is 1. The molecule has 0 unspecified atom stereocenters. The van der Waals surface area contributed by atoms with Crippen LogP contribution in [0.1, 0.15) is 30.9 Å². The van der Waals surface area contributed by atoms with Gasteiger partial charge in [0.15, 0.2) is 5.96 Å². The van der Waals surface area contributed by atoms with Gasteiger partial charge >= 0.3 is 0 Å². The maximum atomic E-state index is 13.1. The number of benzene rings is 1. The molecule has 1 aromatic rings. The lowest BCUT2D eigenvalue weighted by molar-refractivity contribution is -0.120. The van der Waals surface area contributed by atoms with Gasteiger partial charge in [0.25, 0.3) is 0 Å². The number of hydrogen-bond acceptors (Lipinski definition) is 2. The van der Waals surface area contributed by atoms with Crippen molar-refractivity contribution in [2.75, 3.05) is 26.7 Å². The molecule has 0 atom stereocenters. The van der Waals surface area contributed by atoms with E-state index < -0.39 is 0 Å². The Balaban J connectivity index is 2.27. The number of aliphatic imine (C=N–C) groups is 1. The number of aryl methyl sites for hydroxylation is 1. The van der Waals surface area contributed by atoms with E-state index in [-0.39, 0.29) is 11.7 Å². The molecule has 0 aliphatic heterocycles.